The van der Waals surface area contributed by atoms with E-state index in [1.807, 2.05) is 0 Å². The molecule has 1 N–H and O–H groups in total. The van der Waals surface area contributed by atoms with E-state index in [-0.39, 0.29) is 0 Å². The first kappa shape index (κ1) is 12.7. The maximum atomic E-state index is 3.47. The van der Waals surface area contributed by atoms with E-state index < -0.39 is 0 Å². The summed E-state index contributed by atoms with van der Waals surface area (Å²) >= 11 is 1.77. The fourth-order valence-corrected chi connectivity index (χ4v) is 2.05. The maximum Gasteiger partial charge on any atom is 0.0242 e. The number of thiophene rings is 1. The summed E-state index contributed by atoms with van der Waals surface area (Å²) in [4.78, 5) is 2.39. The molecule has 0 spiro atoms. The molecule has 1 unspecified atom stereocenters. The van der Waals surface area contributed by atoms with Crippen LogP contribution in [0.2, 0.25) is 0 Å². The van der Waals surface area contributed by atoms with E-state index in [1.165, 1.54) is 5.56 Å². The highest BCUT2D eigenvalue weighted by Gasteiger charge is 2.09. The third-order valence-electron chi connectivity index (χ3n) is 2.59. The highest BCUT2D eigenvalue weighted by Crippen LogP contribution is 2.09. The molecular weight excluding hydrogens is 204 g/mol. The van der Waals surface area contributed by atoms with Crippen LogP contribution in [0.5, 0.6) is 0 Å². The second-order valence-corrected chi connectivity index (χ2v) is 5.24. The van der Waals surface area contributed by atoms with Gasteiger partial charge in [0.1, 0.15) is 0 Å². The quantitative estimate of drug-likeness (QED) is 0.802. The Labute approximate surface area is 97.3 Å². The lowest BCUT2D eigenvalue weighted by Crippen LogP contribution is -2.39. The molecule has 15 heavy (non-hydrogen) atoms. The Bertz CT molecular complexity index is 257. The van der Waals surface area contributed by atoms with Crippen LogP contribution in [0.25, 0.3) is 0 Å². The van der Waals surface area contributed by atoms with Crippen molar-refractivity contribution in [2.24, 2.45) is 0 Å². The molecule has 2 nitrogen and oxygen atoms in total. The number of likely N-dealkylation sites (N-methyl/N-ethyl adjacent to an activating group) is 1. The summed E-state index contributed by atoms with van der Waals surface area (Å²) in [5.74, 6) is 0. The van der Waals surface area contributed by atoms with Crippen LogP contribution in [0.1, 0.15) is 26.3 Å². The minimum atomic E-state index is 0.571. The van der Waals surface area contributed by atoms with Crippen LogP contribution in [0, 0.1) is 0 Å². The lowest BCUT2D eigenvalue weighted by atomic mass is 10.2. The van der Waals surface area contributed by atoms with Crippen molar-refractivity contribution in [3.63, 3.8) is 0 Å². The van der Waals surface area contributed by atoms with Gasteiger partial charge in [0.2, 0.25) is 0 Å². The standard InChI is InChI=1S/C12H22N2S/c1-10(2)13-7-11(3)14(4)8-12-5-6-15-9-12/h5-6,9-11,13H,7-8H2,1-4H3. The lowest BCUT2D eigenvalue weighted by molar-refractivity contribution is 0.239. The van der Waals surface area contributed by atoms with E-state index in [9.17, 15) is 0 Å². The zero-order chi connectivity index (χ0) is 11.3. The van der Waals surface area contributed by atoms with Crippen LogP contribution in [-0.2, 0) is 6.54 Å². The first-order valence-corrected chi connectivity index (χ1v) is 6.48. The van der Waals surface area contributed by atoms with Gasteiger partial charge in [0.15, 0.2) is 0 Å². The van der Waals surface area contributed by atoms with Crippen molar-refractivity contribution in [1.29, 1.82) is 0 Å². The summed E-state index contributed by atoms with van der Waals surface area (Å²) in [7, 11) is 2.18. The Morgan fingerprint density at radius 2 is 2.13 bits per heavy atom. The molecule has 0 aliphatic rings. The number of nitrogens with one attached hydrogen (secondary N) is 1. The number of rotatable bonds is 6. The fraction of sp³-hybridized carbons (Fsp3) is 0.667. The van der Waals surface area contributed by atoms with Crippen molar-refractivity contribution in [2.75, 3.05) is 13.6 Å². The molecule has 0 radical (unpaired) electrons. The van der Waals surface area contributed by atoms with Crippen LogP contribution in [-0.4, -0.2) is 30.6 Å². The molecule has 3 heteroatoms. The molecule has 0 aromatic carbocycles. The van der Waals surface area contributed by atoms with Crippen molar-refractivity contribution in [1.82, 2.24) is 10.2 Å². The second-order valence-electron chi connectivity index (χ2n) is 4.46. The van der Waals surface area contributed by atoms with Gasteiger partial charge in [0, 0.05) is 25.2 Å². The monoisotopic (exact) mass is 226 g/mol. The second kappa shape index (κ2) is 6.26. The van der Waals surface area contributed by atoms with E-state index in [0.717, 1.165) is 13.1 Å². The summed E-state index contributed by atoms with van der Waals surface area (Å²) in [6, 6.07) is 3.35. The van der Waals surface area contributed by atoms with Gasteiger partial charge in [-0.25, -0.2) is 0 Å². The topological polar surface area (TPSA) is 15.3 Å². The SMILES string of the molecule is CC(C)NCC(C)N(C)Cc1ccsc1. The Kier molecular flexibility index (Phi) is 5.29. The summed E-state index contributed by atoms with van der Waals surface area (Å²) < 4.78 is 0. The van der Waals surface area contributed by atoms with Crippen LogP contribution in [0.15, 0.2) is 16.8 Å². The summed E-state index contributed by atoms with van der Waals surface area (Å²) in [5.41, 5.74) is 1.42. The number of hydrogen-bond donors (Lipinski definition) is 1. The largest absolute Gasteiger partial charge is 0.313 e. The van der Waals surface area contributed by atoms with Gasteiger partial charge in [-0.1, -0.05) is 13.8 Å². The molecule has 1 atom stereocenters. The van der Waals surface area contributed by atoms with Crippen molar-refractivity contribution >= 4 is 11.3 Å². The minimum absolute atomic E-state index is 0.571. The predicted octanol–water partition coefficient (Wildman–Crippen LogP) is 2.57. The zero-order valence-corrected chi connectivity index (χ0v) is 11.0. The van der Waals surface area contributed by atoms with E-state index >= 15 is 0 Å². The first-order chi connectivity index (χ1) is 7.09. The molecule has 1 rings (SSSR count). The molecule has 0 amide bonds. The minimum Gasteiger partial charge on any atom is -0.313 e. The van der Waals surface area contributed by atoms with Gasteiger partial charge in [0.05, 0.1) is 0 Å². The molecule has 86 valence electrons. The Morgan fingerprint density at radius 1 is 1.40 bits per heavy atom. The molecule has 1 heterocycles. The molecule has 0 saturated heterocycles. The van der Waals surface area contributed by atoms with E-state index in [0.29, 0.717) is 12.1 Å². The Morgan fingerprint density at radius 3 is 2.67 bits per heavy atom. The van der Waals surface area contributed by atoms with Gasteiger partial charge >= 0.3 is 0 Å². The molecule has 1 aromatic rings. The molecule has 0 aliphatic heterocycles. The third-order valence-corrected chi connectivity index (χ3v) is 3.32. The molecule has 0 bridgehead atoms. The van der Waals surface area contributed by atoms with Gasteiger partial charge in [-0.2, -0.15) is 11.3 Å². The average Bonchev–Trinajstić information content (AvgIpc) is 2.66. The van der Waals surface area contributed by atoms with Crippen molar-refractivity contribution in [3.05, 3.63) is 22.4 Å². The zero-order valence-electron chi connectivity index (χ0n) is 10.2. The highest BCUT2D eigenvalue weighted by molar-refractivity contribution is 7.07. The highest BCUT2D eigenvalue weighted by atomic mass is 32.1. The third kappa shape index (κ3) is 4.78. The number of hydrogen-bond acceptors (Lipinski definition) is 3. The summed E-state index contributed by atoms with van der Waals surface area (Å²) in [5, 5.41) is 7.83. The van der Waals surface area contributed by atoms with Gasteiger partial charge in [-0.3, -0.25) is 4.90 Å². The smallest absolute Gasteiger partial charge is 0.0242 e. The van der Waals surface area contributed by atoms with E-state index in [1.54, 1.807) is 11.3 Å². The van der Waals surface area contributed by atoms with Crippen LogP contribution in [0.3, 0.4) is 0 Å². The molecule has 0 aliphatic carbocycles. The molecule has 1 aromatic heterocycles. The van der Waals surface area contributed by atoms with Crippen molar-refractivity contribution in [2.45, 2.75) is 39.4 Å². The summed E-state index contributed by atoms with van der Waals surface area (Å²) in [6.45, 7) is 8.74. The van der Waals surface area contributed by atoms with Gasteiger partial charge in [-0.05, 0) is 36.4 Å². The van der Waals surface area contributed by atoms with E-state index in [2.05, 4.69) is 54.9 Å². The van der Waals surface area contributed by atoms with Gasteiger partial charge in [-0.15, -0.1) is 0 Å². The first-order valence-electron chi connectivity index (χ1n) is 5.54. The Hall–Kier alpha value is -0.380. The van der Waals surface area contributed by atoms with Crippen LogP contribution >= 0.6 is 11.3 Å². The Balaban J connectivity index is 2.30. The molecular formula is C12H22N2S. The predicted molar refractivity (Wildman–Crippen MR) is 68.4 cm³/mol. The van der Waals surface area contributed by atoms with Gasteiger partial charge < -0.3 is 5.32 Å². The number of nitrogens with zero attached hydrogens (tertiary/aromatic N) is 1. The summed E-state index contributed by atoms with van der Waals surface area (Å²) in [6.07, 6.45) is 0. The van der Waals surface area contributed by atoms with Crippen LogP contribution < -0.4 is 5.32 Å². The van der Waals surface area contributed by atoms with Gasteiger partial charge in [0.25, 0.3) is 0 Å². The maximum absolute atomic E-state index is 3.47. The van der Waals surface area contributed by atoms with Crippen molar-refractivity contribution in [3.8, 4) is 0 Å². The average molecular weight is 226 g/mol. The molecule has 0 fully saturated rings. The fourth-order valence-electron chi connectivity index (χ4n) is 1.39. The normalized spacial score (nSPS) is 13.7. The lowest BCUT2D eigenvalue weighted by Gasteiger charge is -2.25. The van der Waals surface area contributed by atoms with Crippen LogP contribution in [0.4, 0.5) is 0 Å². The molecule has 0 saturated carbocycles. The van der Waals surface area contributed by atoms with Crippen molar-refractivity contribution < 1.29 is 0 Å². The van der Waals surface area contributed by atoms with E-state index in [4.69, 9.17) is 0 Å².